The van der Waals surface area contributed by atoms with Gasteiger partial charge in [-0.25, -0.2) is 13.2 Å². The summed E-state index contributed by atoms with van der Waals surface area (Å²) in [4.78, 5) is 13.8. The number of ether oxygens (including phenoxy) is 1. The van der Waals surface area contributed by atoms with Crippen molar-refractivity contribution in [2.45, 2.75) is 6.92 Å². The maximum absolute atomic E-state index is 12.1. The van der Waals surface area contributed by atoms with Crippen molar-refractivity contribution >= 4 is 38.9 Å². The van der Waals surface area contributed by atoms with Gasteiger partial charge in [-0.15, -0.1) is 0 Å². The number of hydrogen-bond donors (Lipinski definition) is 0. The number of hydrogen-bond acceptors (Lipinski definition) is 5. The summed E-state index contributed by atoms with van der Waals surface area (Å²) in [5, 5.41) is 0. The Balaban J connectivity index is 2.01. The molecule has 0 saturated heterocycles. The Morgan fingerprint density at radius 2 is 1.30 bits per heavy atom. The quantitative estimate of drug-likeness (QED) is 0.392. The van der Waals surface area contributed by atoms with Crippen LogP contribution in [0.15, 0.2) is 89.8 Å². The predicted molar refractivity (Wildman–Crippen MR) is 121 cm³/mol. The van der Waals surface area contributed by atoms with Crippen LogP contribution in [0.2, 0.25) is 0 Å². The topological polar surface area (TPSA) is 63.7 Å². The van der Waals surface area contributed by atoms with Crippen LogP contribution in [0.5, 0.6) is 0 Å². The molecular weight excluding hydrogens is 398 g/mol. The summed E-state index contributed by atoms with van der Waals surface area (Å²) < 4.78 is 28.9. The summed E-state index contributed by atoms with van der Waals surface area (Å²) in [7, 11) is -3.72. The first-order valence-electron chi connectivity index (χ1n) is 9.49. The molecule has 3 aromatic rings. The van der Waals surface area contributed by atoms with Gasteiger partial charge in [-0.2, -0.15) is 0 Å². The van der Waals surface area contributed by atoms with E-state index in [0.29, 0.717) is 5.56 Å². The number of anilines is 3. The third-order valence-electron chi connectivity index (χ3n) is 4.35. The summed E-state index contributed by atoms with van der Waals surface area (Å²) >= 11 is 0. The Bertz CT molecular complexity index is 1080. The molecule has 30 heavy (non-hydrogen) atoms. The molecule has 0 atom stereocenters. The molecule has 0 spiro atoms. The number of esters is 1. The zero-order chi connectivity index (χ0) is 21.6. The number of carbonyl (C=O) groups is 1. The van der Waals surface area contributed by atoms with Gasteiger partial charge in [0, 0.05) is 23.3 Å². The van der Waals surface area contributed by atoms with Crippen LogP contribution < -0.4 is 4.90 Å². The van der Waals surface area contributed by atoms with Gasteiger partial charge in [0.1, 0.15) is 0 Å². The first kappa shape index (κ1) is 21.3. The van der Waals surface area contributed by atoms with Crippen molar-refractivity contribution in [3.8, 4) is 0 Å². The van der Waals surface area contributed by atoms with Gasteiger partial charge in [0.2, 0.25) is 0 Å². The van der Waals surface area contributed by atoms with Crippen LogP contribution in [0.25, 0.3) is 6.08 Å². The molecule has 0 aliphatic rings. The highest BCUT2D eigenvalue weighted by Crippen LogP contribution is 2.34. The maximum Gasteiger partial charge on any atom is 0.349 e. The minimum atomic E-state index is -3.72. The SMILES string of the molecule is CCOC(=O)C(=Cc1ccc(N(c2ccccc2)c2ccccc2)cc1)S(C)(=O)=O. The Labute approximate surface area is 177 Å². The molecule has 0 aliphatic heterocycles. The zero-order valence-electron chi connectivity index (χ0n) is 16.9. The first-order chi connectivity index (χ1) is 14.4. The highest BCUT2D eigenvalue weighted by atomic mass is 32.2. The third-order valence-corrected chi connectivity index (χ3v) is 5.44. The molecule has 0 aliphatic carbocycles. The number of para-hydroxylation sites is 2. The van der Waals surface area contributed by atoms with E-state index in [1.54, 1.807) is 19.1 Å². The summed E-state index contributed by atoms with van der Waals surface area (Å²) in [5.41, 5.74) is 3.49. The van der Waals surface area contributed by atoms with Crippen molar-refractivity contribution in [3.05, 3.63) is 95.4 Å². The molecule has 5 nitrogen and oxygen atoms in total. The minimum absolute atomic E-state index is 0.105. The number of benzene rings is 3. The van der Waals surface area contributed by atoms with Crippen molar-refractivity contribution < 1.29 is 17.9 Å². The molecule has 0 unspecified atom stereocenters. The lowest BCUT2D eigenvalue weighted by molar-refractivity contribution is -0.137. The molecule has 0 amide bonds. The highest BCUT2D eigenvalue weighted by molar-refractivity contribution is 7.95. The third kappa shape index (κ3) is 5.15. The number of nitrogens with zero attached hydrogens (tertiary/aromatic N) is 1. The van der Waals surface area contributed by atoms with Gasteiger partial charge in [0.05, 0.1) is 6.61 Å². The maximum atomic E-state index is 12.1. The van der Waals surface area contributed by atoms with E-state index >= 15 is 0 Å². The number of rotatable bonds is 7. The summed E-state index contributed by atoms with van der Waals surface area (Å²) in [6.07, 6.45) is 2.34. The van der Waals surface area contributed by atoms with Crippen molar-refractivity contribution in [3.63, 3.8) is 0 Å². The molecule has 0 radical (unpaired) electrons. The summed E-state index contributed by atoms with van der Waals surface area (Å²) in [5.74, 6) is -0.848. The van der Waals surface area contributed by atoms with Gasteiger partial charge < -0.3 is 9.64 Å². The molecule has 6 heteroatoms. The summed E-state index contributed by atoms with van der Waals surface area (Å²) in [6, 6.07) is 27.2. The van der Waals surface area contributed by atoms with E-state index in [4.69, 9.17) is 4.74 Å². The van der Waals surface area contributed by atoms with Crippen LogP contribution in [0.1, 0.15) is 12.5 Å². The van der Waals surface area contributed by atoms with Crippen LogP contribution >= 0.6 is 0 Å². The number of sulfone groups is 1. The summed E-state index contributed by atoms with van der Waals surface area (Å²) in [6.45, 7) is 1.74. The number of carbonyl (C=O) groups excluding carboxylic acids is 1. The lowest BCUT2D eigenvalue weighted by Crippen LogP contribution is -2.15. The van der Waals surface area contributed by atoms with Crippen LogP contribution in [-0.2, 0) is 19.4 Å². The Kier molecular flexibility index (Phi) is 6.69. The van der Waals surface area contributed by atoms with E-state index in [1.807, 2.05) is 72.8 Å². The Hall–Kier alpha value is -3.38. The van der Waals surface area contributed by atoms with Crippen LogP contribution in [-0.4, -0.2) is 27.2 Å². The molecule has 0 saturated carbocycles. The molecule has 154 valence electrons. The Morgan fingerprint density at radius 1 is 0.833 bits per heavy atom. The second-order valence-corrected chi connectivity index (χ2v) is 8.58. The van der Waals surface area contributed by atoms with Gasteiger partial charge in [0.15, 0.2) is 14.7 Å². The second-order valence-electron chi connectivity index (χ2n) is 6.60. The predicted octanol–water partition coefficient (Wildman–Crippen LogP) is 5.11. The van der Waals surface area contributed by atoms with E-state index in [1.165, 1.54) is 6.08 Å². The lowest BCUT2D eigenvalue weighted by atomic mass is 10.1. The van der Waals surface area contributed by atoms with Gasteiger partial charge in [-0.1, -0.05) is 48.5 Å². The standard InChI is InChI=1S/C24H23NO4S/c1-3-29-24(26)23(30(2,27)28)18-19-14-16-22(17-15-19)25(20-10-6-4-7-11-20)21-12-8-5-9-13-21/h4-18H,3H2,1-2H3. The van der Waals surface area contributed by atoms with Crippen molar-refractivity contribution in [1.29, 1.82) is 0 Å². The minimum Gasteiger partial charge on any atom is -0.462 e. The fourth-order valence-electron chi connectivity index (χ4n) is 2.99. The fourth-order valence-corrected chi connectivity index (χ4v) is 3.70. The first-order valence-corrected chi connectivity index (χ1v) is 11.4. The molecule has 3 rings (SSSR count). The van der Waals surface area contributed by atoms with E-state index in [0.717, 1.165) is 23.3 Å². The molecule has 0 bridgehead atoms. The van der Waals surface area contributed by atoms with Crippen molar-refractivity contribution in [2.24, 2.45) is 0 Å². The normalized spacial score (nSPS) is 11.7. The van der Waals surface area contributed by atoms with E-state index in [-0.39, 0.29) is 11.5 Å². The fraction of sp³-hybridized carbons (Fsp3) is 0.125. The van der Waals surface area contributed by atoms with Crippen molar-refractivity contribution in [2.75, 3.05) is 17.8 Å². The van der Waals surface area contributed by atoms with Crippen LogP contribution in [0.3, 0.4) is 0 Å². The van der Waals surface area contributed by atoms with Gasteiger partial charge in [-0.3, -0.25) is 0 Å². The highest BCUT2D eigenvalue weighted by Gasteiger charge is 2.21. The molecule has 3 aromatic carbocycles. The van der Waals surface area contributed by atoms with E-state index < -0.39 is 15.8 Å². The average molecular weight is 422 g/mol. The van der Waals surface area contributed by atoms with Crippen molar-refractivity contribution in [1.82, 2.24) is 0 Å². The smallest absolute Gasteiger partial charge is 0.349 e. The Morgan fingerprint density at radius 3 is 1.73 bits per heavy atom. The van der Waals surface area contributed by atoms with Crippen LogP contribution in [0.4, 0.5) is 17.1 Å². The van der Waals surface area contributed by atoms with Crippen LogP contribution in [0, 0.1) is 0 Å². The lowest BCUT2D eigenvalue weighted by Gasteiger charge is -2.25. The second kappa shape index (κ2) is 9.41. The molecular formula is C24H23NO4S. The van der Waals surface area contributed by atoms with Gasteiger partial charge >= 0.3 is 5.97 Å². The molecule has 0 aromatic heterocycles. The molecule has 0 fully saturated rings. The van der Waals surface area contributed by atoms with E-state index in [9.17, 15) is 13.2 Å². The zero-order valence-corrected chi connectivity index (χ0v) is 17.7. The molecule has 0 N–H and O–H groups in total. The van der Waals surface area contributed by atoms with E-state index in [2.05, 4.69) is 4.90 Å². The molecule has 0 heterocycles. The largest absolute Gasteiger partial charge is 0.462 e. The van der Waals surface area contributed by atoms with Gasteiger partial charge in [-0.05, 0) is 55.0 Å². The average Bonchev–Trinajstić information content (AvgIpc) is 2.74. The van der Waals surface area contributed by atoms with Gasteiger partial charge in [0.25, 0.3) is 0 Å². The monoisotopic (exact) mass is 421 g/mol.